The number of nitrogens with two attached hydrogens (primary N) is 1. The molecule has 0 atom stereocenters. The van der Waals surface area contributed by atoms with Crippen LogP contribution in [0, 0.1) is 5.41 Å². The quantitative estimate of drug-likeness (QED) is 0.536. The van der Waals surface area contributed by atoms with Gasteiger partial charge in [0.05, 0.1) is 0 Å². The van der Waals surface area contributed by atoms with Crippen LogP contribution in [0.25, 0.3) is 0 Å². The molecule has 0 amide bonds. The Balaban J connectivity index is 2.84. The van der Waals surface area contributed by atoms with Crippen LogP contribution < -0.4 is 5.73 Å². The van der Waals surface area contributed by atoms with Gasteiger partial charge in [-0.2, -0.15) is 0 Å². The van der Waals surface area contributed by atoms with Gasteiger partial charge in [0, 0.05) is 5.56 Å². The van der Waals surface area contributed by atoms with Gasteiger partial charge in [0.15, 0.2) is 0 Å². The Bertz CT molecular complexity index is 292. The first-order valence-corrected chi connectivity index (χ1v) is 4.68. The van der Waals surface area contributed by atoms with Crippen molar-refractivity contribution in [2.24, 2.45) is 5.73 Å². The smallest absolute Gasteiger partial charge is 0.123 e. The Hall–Kier alpha value is -1.31. The van der Waals surface area contributed by atoms with Gasteiger partial charge in [-0.1, -0.05) is 37.6 Å². The topological polar surface area (TPSA) is 49.9 Å². The molecule has 0 aliphatic rings. The predicted molar refractivity (Wildman–Crippen MR) is 56.1 cm³/mol. The molecule has 0 unspecified atom stereocenters. The molecule has 0 aromatic heterocycles. The molecule has 0 fully saturated rings. The molecule has 0 bridgehead atoms. The van der Waals surface area contributed by atoms with Crippen LogP contribution >= 0.6 is 0 Å². The summed E-state index contributed by atoms with van der Waals surface area (Å²) in [6.45, 7) is 2.16. The van der Waals surface area contributed by atoms with Crippen molar-refractivity contribution >= 4 is 5.84 Å². The maximum Gasteiger partial charge on any atom is 0.123 e. The minimum Gasteiger partial charge on any atom is -0.384 e. The van der Waals surface area contributed by atoms with E-state index in [1.165, 1.54) is 12.0 Å². The SMILES string of the molecule is CCCCc1ccccc1C(=N)N. The Kier molecular flexibility index (Phi) is 3.50. The van der Waals surface area contributed by atoms with Gasteiger partial charge < -0.3 is 5.73 Å². The van der Waals surface area contributed by atoms with Crippen molar-refractivity contribution in [3.8, 4) is 0 Å². The third-order valence-corrected chi connectivity index (χ3v) is 2.11. The highest BCUT2D eigenvalue weighted by Crippen LogP contribution is 2.11. The van der Waals surface area contributed by atoms with E-state index < -0.39 is 0 Å². The second-order valence-corrected chi connectivity index (χ2v) is 3.17. The normalized spacial score (nSPS) is 9.92. The fourth-order valence-corrected chi connectivity index (χ4v) is 1.37. The molecule has 0 aliphatic carbocycles. The average Bonchev–Trinajstić information content (AvgIpc) is 2.15. The summed E-state index contributed by atoms with van der Waals surface area (Å²) in [5.74, 6) is 0.173. The van der Waals surface area contributed by atoms with E-state index in [4.69, 9.17) is 11.1 Å². The van der Waals surface area contributed by atoms with Gasteiger partial charge in [-0.3, -0.25) is 5.41 Å². The zero-order valence-corrected chi connectivity index (χ0v) is 8.01. The number of nitrogen functional groups attached to an aromatic ring is 1. The highest BCUT2D eigenvalue weighted by Gasteiger charge is 2.02. The lowest BCUT2D eigenvalue weighted by Crippen LogP contribution is -2.13. The molecule has 0 saturated heterocycles. The first-order valence-electron chi connectivity index (χ1n) is 4.68. The summed E-state index contributed by atoms with van der Waals surface area (Å²) in [4.78, 5) is 0. The van der Waals surface area contributed by atoms with Crippen molar-refractivity contribution < 1.29 is 0 Å². The number of aryl methyl sites for hydroxylation is 1. The van der Waals surface area contributed by atoms with E-state index in [0.717, 1.165) is 18.4 Å². The van der Waals surface area contributed by atoms with Crippen LogP contribution in [0.15, 0.2) is 24.3 Å². The molecule has 70 valence electrons. The summed E-state index contributed by atoms with van der Waals surface area (Å²) >= 11 is 0. The molecule has 2 heteroatoms. The molecule has 3 N–H and O–H groups in total. The maximum atomic E-state index is 7.39. The number of nitrogens with one attached hydrogen (secondary N) is 1. The van der Waals surface area contributed by atoms with Crippen LogP contribution in [0.3, 0.4) is 0 Å². The van der Waals surface area contributed by atoms with Crippen molar-refractivity contribution in [2.75, 3.05) is 0 Å². The largest absolute Gasteiger partial charge is 0.384 e. The van der Waals surface area contributed by atoms with Gasteiger partial charge in [-0.05, 0) is 18.4 Å². The monoisotopic (exact) mass is 176 g/mol. The third kappa shape index (κ3) is 2.58. The van der Waals surface area contributed by atoms with Crippen molar-refractivity contribution in [1.29, 1.82) is 5.41 Å². The summed E-state index contributed by atoms with van der Waals surface area (Å²) in [7, 11) is 0. The Morgan fingerprint density at radius 2 is 2.08 bits per heavy atom. The van der Waals surface area contributed by atoms with Crippen molar-refractivity contribution in [2.45, 2.75) is 26.2 Å². The lowest BCUT2D eigenvalue weighted by Gasteiger charge is -2.06. The van der Waals surface area contributed by atoms with E-state index in [-0.39, 0.29) is 5.84 Å². The molecule has 2 nitrogen and oxygen atoms in total. The van der Waals surface area contributed by atoms with Crippen LogP contribution in [-0.4, -0.2) is 5.84 Å². The van der Waals surface area contributed by atoms with Crippen LogP contribution in [0.2, 0.25) is 0 Å². The maximum absolute atomic E-state index is 7.39. The number of unbranched alkanes of at least 4 members (excludes halogenated alkanes) is 1. The summed E-state index contributed by atoms with van der Waals surface area (Å²) in [5, 5.41) is 7.39. The fraction of sp³-hybridized carbons (Fsp3) is 0.364. The number of amidine groups is 1. The van der Waals surface area contributed by atoms with Gasteiger partial charge in [-0.15, -0.1) is 0 Å². The van der Waals surface area contributed by atoms with Crippen molar-refractivity contribution in [3.05, 3.63) is 35.4 Å². The first-order chi connectivity index (χ1) is 6.25. The average molecular weight is 176 g/mol. The molecule has 0 heterocycles. The minimum absolute atomic E-state index is 0.173. The molecule has 1 rings (SSSR count). The molecular formula is C11H16N2. The Morgan fingerprint density at radius 3 is 2.69 bits per heavy atom. The van der Waals surface area contributed by atoms with Gasteiger partial charge in [-0.25, -0.2) is 0 Å². The van der Waals surface area contributed by atoms with Crippen molar-refractivity contribution in [1.82, 2.24) is 0 Å². The highest BCUT2D eigenvalue weighted by molar-refractivity contribution is 5.96. The zero-order chi connectivity index (χ0) is 9.68. The van der Waals surface area contributed by atoms with Gasteiger partial charge in [0.25, 0.3) is 0 Å². The molecule has 13 heavy (non-hydrogen) atoms. The van der Waals surface area contributed by atoms with E-state index >= 15 is 0 Å². The molecule has 1 aromatic rings. The van der Waals surface area contributed by atoms with Gasteiger partial charge in [0.1, 0.15) is 5.84 Å². The number of hydrogen-bond donors (Lipinski definition) is 2. The predicted octanol–water partition coefficient (Wildman–Crippen LogP) is 2.31. The lowest BCUT2D eigenvalue weighted by atomic mass is 10.0. The summed E-state index contributed by atoms with van der Waals surface area (Å²) < 4.78 is 0. The zero-order valence-electron chi connectivity index (χ0n) is 8.01. The molecule has 0 radical (unpaired) electrons. The van der Waals surface area contributed by atoms with E-state index in [2.05, 4.69) is 6.92 Å². The second kappa shape index (κ2) is 4.65. The standard InChI is InChI=1S/C11H16N2/c1-2-3-6-9-7-4-5-8-10(9)11(12)13/h4-5,7-8H,2-3,6H2,1H3,(H3,12,13). The number of hydrogen-bond acceptors (Lipinski definition) is 1. The van der Waals surface area contributed by atoms with Crippen molar-refractivity contribution in [3.63, 3.8) is 0 Å². The lowest BCUT2D eigenvalue weighted by molar-refractivity contribution is 0.794. The van der Waals surface area contributed by atoms with E-state index in [9.17, 15) is 0 Å². The molecule has 1 aromatic carbocycles. The van der Waals surface area contributed by atoms with Crippen LogP contribution in [-0.2, 0) is 6.42 Å². The summed E-state index contributed by atoms with van der Waals surface area (Å²) in [5.41, 5.74) is 7.55. The summed E-state index contributed by atoms with van der Waals surface area (Å²) in [6, 6.07) is 7.88. The van der Waals surface area contributed by atoms with E-state index in [1.54, 1.807) is 0 Å². The van der Waals surface area contributed by atoms with Crippen LogP contribution in [0.1, 0.15) is 30.9 Å². The molecule has 0 aliphatic heterocycles. The number of rotatable bonds is 4. The Labute approximate surface area is 79.3 Å². The number of benzene rings is 1. The van der Waals surface area contributed by atoms with E-state index in [1.807, 2.05) is 24.3 Å². The van der Waals surface area contributed by atoms with Gasteiger partial charge >= 0.3 is 0 Å². The third-order valence-electron chi connectivity index (χ3n) is 2.11. The minimum atomic E-state index is 0.173. The molecular weight excluding hydrogens is 160 g/mol. The van der Waals surface area contributed by atoms with Crippen LogP contribution in [0.5, 0.6) is 0 Å². The molecule has 0 spiro atoms. The Morgan fingerprint density at radius 1 is 1.38 bits per heavy atom. The van der Waals surface area contributed by atoms with E-state index in [0.29, 0.717) is 0 Å². The summed E-state index contributed by atoms with van der Waals surface area (Å²) in [6.07, 6.45) is 3.35. The van der Waals surface area contributed by atoms with Gasteiger partial charge in [0.2, 0.25) is 0 Å². The van der Waals surface area contributed by atoms with Crippen LogP contribution in [0.4, 0.5) is 0 Å². The molecule has 0 saturated carbocycles. The fourth-order valence-electron chi connectivity index (χ4n) is 1.37. The first kappa shape index (κ1) is 9.78. The second-order valence-electron chi connectivity index (χ2n) is 3.17. The highest BCUT2D eigenvalue weighted by atomic mass is 14.7.